The predicted molar refractivity (Wildman–Crippen MR) is 110 cm³/mol. The Hall–Kier alpha value is -2.89. The average Bonchev–Trinajstić information content (AvgIpc) is 2.72. The zero-order valence-corrected chi connectivity index (χ0v) is 16.4. The summed E-state index contributed by atoms with van der Waals surface area (Å²) in [4.78, 5) is 16.7. The van der Waals surface area contributed by atoms with Crippen LogP contribution in [0.4, 0.5) is 0 Å². The van der Waals surface area contributed by atoms with E-state index in [1.807, 2.05) is 31.3 Å². The number of hydrogen-bond donors (Lipinski definition) is 2. The summed E-state index contributed by atoms with van der Waals surface area (Å²) < 4.78 is 5.13. The number of halogens is 1. The van der Waals surface area contributed by atoms with Crippen LogP contribution in [0.2, 0.25) is 5.02 Å². The summed E-state index contributed by atoms with van der Waals surface area (Å²) >= 11 is 6.15. The lowest BCUT2D eigenvalue weighted by atomic mass is 10.0. The van der Waals surface area contributed by atoms with Gasteiger partial charge in [0.2, 0.25) is 0 Å². The number of pyridine rings is 1. The molecular formula is C22H21ClN2O3. The summed E-state index contributed by atoms with van der Waals surface area (Å²) in [6, 6.07) is 13.8. The van der Waals surface area contributed by atoms with E-state index < -0.39 is 6.04 Å². The van der Waals surface area contributed by atoms with Gasteiger partial charge in [0.15, 0.2) is 0 Å². The van der Waals surface area contributed by atoms with Crippen LogP contribution < -0.4 is 10.1 Å². The van der Waals surface area contributed by atoms with Crippen LogP contribution in [0.5, 0.6) is 5.75 Å². The molecule has 3 aromatic rings. The summed E-state index contributed by atoms with van der Waals surface area (Å²) in [6.45, 7) is 1.75. The molecule has 2 aromatic carbocycles. The lowest BCUT2D eigenvalue weighted by molar-refractivity contribution is 0.0916. The van der Waals surface area contributed by atoms with Crippen LogP contribution in [0.15, 0.2) is 60.9 Å². The van der Waals surface area contributed by atoms with Gasteiger partial charge in [0, 0.05) is 18.0 Å². The fourth-order valence-electron chi connectivity index (χ4n) is 2.97. The van der Waals surface area contributed by atoms with Gasteiger partial charge in [0.1, 0.15) is 5.75 Å². The molecule has 0 bridgehead atoms. The Bertz CT molecular complexity index is 974. The predicted octanol–water partition coefficient (Wildman–Crippen LogP) is 4.18. The third-order valence-corrected chi connectivity index (χ3v) is 4.84. The number of nitrogens with zero attached hydrogens (tertiary/aromatic N) is 1. The summed E-state index contributed by atoms with van der Waals surface area (Å²) in [5.41, 5.74) is 4.36. The Labute approximate surface area is 169 Å². The number of carbonyl (C=O) groups excluding carboxylic acids is 1. The fourth-order valence-corrected chi connectivity index (χ4v) is 3.24. The molecule has 1 unspecified atom stereocenters. The summed E-state index contributed by atoms with van der Waals surface area (Å²) in [5.74, 6) is 0.263. The van der Waals surface area contributed by atoms with Crippen molar-refractivity contribution < 1.29 is 14.6 Å². The van der Waals surface area contributed by atoms with E-state index in [2.05, 4.69) is 10.3 Å². The van der Waals surface area contributed by atoms with Crippen LogP contribution in [-0.2, 0) is 0 Å². The molecule has 2 N–H and O–H groups in total. The Morgan fingerprint density at radius 1 is 1.21 bits per heavy atom. The number of methoxy groups -OCH3 is 1. The molecule has 0 spiro atoms. The van der Waals surface area contributed by atoms with Gasteiger partial charge in [-0.05, 0) is 59.5 Å². The Morgan fingerprint density at radius 2 is 1.96 bits per heavy atom. The number of aryl methyl sites for hydroxylation is 1. The van der Waals surface area contributed by atoms with E-state index in [4.69, 9.17) is 16.3 Å². The third kappa shape index (κ3) is 4.32. The minimum absolute atomic E-state index is 0.247. The van der Waals surface area contributed by atoms with E-state index in [-0.39, 0.29) is 12.5 Å². The second-order valence-corrected chi connectivity index (χ2v) is 6.78. The molecule has 0 fully saturated rings. The molecule has 1 amide bonds. The second-order valence-electron chi connectivity index (χ2n) is 6.37. The van der Waals surface area contributed by atoms with Gasteiger partial charge in [0.05, 0.1) is 24.8 Å². The molecule has 6 heteroatoms. The number of carbonyl (C=O) groups is 1. The molecule has 0 aliphatic heterocycles. The number of hydrogen-bond acceptors (Lipinski definition) is 4. The highest BCUT2D eigenvalue weighted by Crippen LogP contribution is 2.28. The number of aromatic nitrogens is 1. The maximum absolute atomic E-state index is 12.6. The molecule has 0 aliphatic rings. The first-order valence-electron chi connectivity index (χ1n) is 8.79. The van der Waals surface area contributed by atoms with E-state index in [0.29, 0.717) is 21.9 Å². The highest BCUT2D eigenvalue weighted by molar-refractivity contribution is 6.32. The Balaban J connectivity index is 1.76. The molecule has 0 aliphatic carbocycles. The van der Waals surface area contributed by atoms with Crippen molar-refractivity contribution in [3.05, 3.63) is 82.6 Å². The highest BCUT2D eigenvalue weighted by Gasteiger charge is 2.16. The highest BCUT2D eigenvalue weighted by atomic mass is 35.5. The second kappa shape index (κ2) is 8.87. The molecule has 1 heterocycles. The van der Waals surface area contributed by atoms with Crippen molar-refractivity contribution in [2.45, 2.75) is 13.0 Å². The van der Waals surface area contributed by atoms with Crippen LogP contribution in [0.25, 0.3) is 11.1 Å². The van der Waals surface area contributed by atoms with Crippen molar-refractivity contribution in [2.24, 2.45) is 0 Å². The maximum Gasteiger partial charge on any atom is 0.251 e. The van der Waals surface area contributed by atoms with Gasteiger partial charge in [-0.2, -0.15) is 0 Å². The molecule has 1 atom stereocenters. The Kier molecular flexibility index (Phi) is 6.29. The van der Waals surface area contributed by atoms with Crippen molar-refractivity contribution in [1.82, 2.24) is 10.3 Å². The number of nitrogens with one attached hydrogen (secondary N) is 1. The van der Waals surface area contributed by atoms with Gasteiger partial charge in [-0.1, -0.05) is 29.8 Å². The zero-order chi connectivity index (χ0) is 20.1. The molecule has 1 aromatic heterocycles. The Morgan fingerprint density at radius 3 is 2.57 bits per heavy atom. The van der Waals surface area contributed by atoms with Crippen LogP contribution >= 0.6 is 11.6 Å². The van der Waals surface area contributed by atoms with Crippen LogP contribution in [0, 0.1) is 6.92 Å². The number of rotatable bonds is 6. The number of aliphatic hydroxyl groups is 1. The first-order chi connectivity index (χ1) is 13.5. The van der Waals surface area contributed by atoms with Crippen LogP contribution in [-0.4, -0.2) is 29.7 Å². The molecule has 5 nitrogen and oxygen atoms in total. The van der Waals surface area contributed by atoms with E-state index in [9.17, 15) is 9.90 Å². The molecule has 28 heavy (non-hydrogen) atoms. The SMILES string of the molecule is COc1ccc(C(CO)NC(=O)c2ccc(-c3ccncc3C)cc2)cc1Cl. The topological polar surface area (TPSA) is 71.5 Å². The number of amides is 1. The van der Waals surface area contributed by atoms with Gasteiger partial charge in [-0.15, -0.1) is 0 Å². The summed E-state index contributed by atoms with van der Waals surface area (Å²) in [7, 11) is 1.53. The van der Waals surface area contributed by atoms with Gasteiger partial charge < -0.3 is 15.2 Å². The van der Waals surface area contributed by atoms with Gasteiger partial charge in [-0.3, -0.25) is 9.78 Å². The smallest absolute Gasteiger partial charge is 0.251 e. The average molecular weight is 397 g/mol. The van der Waals surface area contributed by atoms with Crippen molar-refractivity contribution in [2.75, 3.05) is 13.7 Å². The molecule has 0 radical (unpaired) electrons. The largest absolute Gasteiger partial charge is 0.495 e. The minimum atomic E-state index is -0.571. The lowest BCUT2D eigenvalue weighted by Crippen LogP contribution is -2.30. The zero-order valence-electron chi connectivity index (χ0n) is 15.6. The molecule has 144 valence electrons. The van der Waals surface area contributed by atoms with Gasteiger partial charge >= 0.3 is 0 Å². The summed E-state index contributed by atoms with van der Waals surface area (Å²) in [6.07, 6.45) is 3.55. The van der Waals surface area contributed by atoms with Crippen molar-refractivity contribution in [3.63, 3.8) is 0 Å². The summed E-state index contributed by atoms with van der Waals surface area (Å²) in [5, 5.41) is 13.0. The first kappa shape index (κ1) is 19.9. The van der Waals surface area contributed by atoms with Gasteiger partial charge in [0.25, 0.3) is 5.91 Å². The third-order valence-electron chi connectivity index (χ3n) is 4.54. The van der Waals surface area contributed by atoms with Crippen molar-refractivity contribution in [3.8, 4) is 16.9 Å². The number of benzene rings is 2. The van der Waals surface area contributed by atoms with Crippen molar-refractivity contribution >= 4 is 17.5 Å². The van der Waals surface area contributed by atoms with Crippen molar-refractivity contribution in [1.29, 1.82) is 0 Å². The first-order valence-corrected chi connectivity index (χ1v) is 9.17. The molecular weight excluding hydrogens is 376 g/mol. The fraction of sp³-hybridized carbons (Fsp3) is 0.182. The number of ether oxygens (including phenoxy) is 1. The maximum atomic E-state index is 12.6. The van der Waals surface area contributed by atoms with E-state index in [1.54, 1.807) is 36.5 Å². The van der Waals surface area contributed by atoms with E-state index >= 15 is 0 Å². The van der Waals surface area contributed by atoms with Crippen LogP contribution in [0.3, 0.4) is 0 Å². The monoisotopic (exact) mass is 396 g/mol. The van der Waals surface area contributed by atoms with E-state index in [0.717, 1.165) is 16.7 Å². The molecule has 3 rings (SSSR count). The number of aliphatic hydroxyl groups excluding tert-OH is 1. The quantitative estimate of drug-likeness (QED) is 0.655. The minimum Gasteiger partial charge on any atom is -0.495 e. The van der Waals surface area contributed by atoms with Gasteiger partial charge in [-0.25, -0.2) is 0 Å². The lowest BCUT2D eigenvalue weighted by Gasteiger charge is -2.18. The molecule has 0 saturated heterocycles. The van der Waals surface area contributed by atoms with E-state index in [1.165, 1.54) is 7.11 Å². The standard InChI is InChI=1S/C22H21ClN2O3/c1-14-12-24-10-9-18(14)15-3-5-16(6-4-15)22(27)25-20(13-26)17-7-8-21(28-2)19(23)11-17/h3-12,20,26H,13H2,1-2H3,(H,25,27). The molecule has 0 saturated carbocycles. The normalized spacial score (nSPS) is 11.7. The van der Waals surface area contributed by atoms with Crippen LogP contribution in [0.1, 0.15) is 27.5 Å².